The number of alkyl halides is 3. The molecule has 0 bridgehead atoms. The molecule has 1 aliphatic carbocycles. The molecular weight excluding hydrogens is 365 g/mol. The van der Waals surface area contributed by atoms with Gasteiger partial charge in [-0.15, -0.1) is 0 Å². The standard InChI is InChI=1S/C17H19F3N4OS/c18-17(19,20)13-2-1-3-14(8-13)23-15(25)12-6-4-11(5-7-12)9-26-16-21-10-22-24-16/h4-7,10,13-14H,1-3,8-9H2,(H,23,25)(H,21,22,24)/t13-,14-/m1/s1. The SMILES string of the molecule is O=C(N[C@@H]1CCC[C@@H](C(F)(F)F)C1)c1ccc(CSc2ncn[nH]2)cc1. The van der Waals surface area contributed by atoms with Gasteiger partial charge in [0.25, 0.3) is 5.91 Å². The van der Waals surface area contributed by atoms with Crippen LogP contribution in [0.4, 0.5) is 13.2 Å². The summed E-state index contributed by atoms with van der Waals surface area (Å²) in [6, 6.07) is 6.62. The molecule has 1 aromatic heterocycles. The van der Waals surface area contributed by atoms with Crippen LogP contribution in [0.25, 0.3) is 0 Å². The largest absolute Gasteiger partial charge is 0.391 e. The Morgan fingerprint density at radius 1 is 1.27 bits per heavy atom. The van der Waals surface area contributed by atoms with Crippen molar-refractivity contribution in [2.75, 3.05) is 0 Å². The normalized spacial score (nSPS) is 20.7. The summed E-state index contributed by atoms with van der Waals surface area (Å²) in [7, 11) is 0. The van der Waals surface area contributed by atoms with E-state index in [0.29, 0.717) is 29.3 Å². The maximum atomic E-state index is 12.9. The number of rotatable bonds is 5. The van der Waals surface area contributed by atoms with Crippen LogP contribution in [0.5, 0.6) is 0 Å². The Morgan fingerprint density at radius 2 is 2.04 bits per heavy atom. The lowest BCUT2D eigenvalue weighted by atomic mass is 9.85. The van der Waals surface area contributed by atoms with Crippen LogP contribution >= 0.6 is 11.8 Å². The van der Waals surface area contributed by atoms with Crippen LogP contribution < -0.4 is 5.32 Å². The number of carbonyl (C=O) groups excluding carboxylic acids is 1. The summed E-state index contributed by atoms with van der Waals surface area (Å²) in [6.45, 7) is 0. The number of aromatic nitrogens is 3. The molecule has 2 atom stereocenters. The minimum absolute atomic E-state index is 0.0405. The molecule has 0 saturated heterocycles. The van der Waals surface area contributed by atoms with Crippen molar-refractivity contribution in [3.05, 3.63) is 41.7 Å². The molecular formula is C17H19F3N4OS. The van der Waals surface area contributed by atoms with Crippen LogP contribution in [0.15, 0.2) is 35.7 Å². The first-order valence-corrected chi connectivity index (χ1v) is 9.35. The molecule has 1 amide bonds. The number of thioether (sulfide) groups is 1. The van der Waals surface area contributed by atoms with E-state index in [-0.39, 0.29) is 18.7 Å². The molecule has 0 radical (unpaired) electrons. The van der Waals surface area contributed by atoms with E-state index in [2.05, 4.69) is 20.5 Å². The zero-order chi connectivity index (χ0) is 18.6. The summed E-state index contributed by atoms with van der Waals surface area (Å²) in [6.07, 6.45) is -1.58. The molecule has 0 spiro atoms. The third-order valence-corrected chi connectivity index (χ3v) is 5.40. The number of benzene rings is 1. The molecule has 3 rings (SSSR count). The van der Waals surface area contributed by atoms with Crippen molar-refractivity contribution in [3.63, 3.8) is 0 Å². The Kier molecular flexibility index (Phi) is 5.85. The van der Waals surface area contributed by atoms with Crippen molar-refractivity contribution < 1.29 is 18.0 Å². The molecule has 1 saturated carbocycles. The lowest BCUT2D eigenvalue weighted by molar-refractivity contribution is -0.183. The van der Waals surface area contributed by atoms with Crippen LogP contribution in [0.3, 0.4) is 0 Å². The molecule has 2 N–H and O–H groups in total. The fraction of sp³-hybridized carbons (Fsp3) is 0.471. The summed E-state index contributed by atoms with van der Waals surface area (Å²) in [4.78, 5) is 16.3. The Bertz CT molecular complexity index is 719. The molecule has 140 valence electrons. The van der Waals surface area contributed by atoms with Crippen LogP contribution in [0, 0.1) is 5.92 Å². The highest BCUT2D eigenvalue weighted by Gasteiger charge is 2.42. The van der Waals surface area contributed by atoms with Gasteiger partial charge in [-0.3, -0.25) is 9.89 Å². The Hall–Kier alpha value is -2.03. The van der Waals surface area contributed by atoms with E-state index in [1.165, 1.54) is 18.1 Å². The van der Waals surface area contributed by atoms with Gasteiger partial charge < -0.3 is 5.32 Å². The van der Waals surface area contributed by atoms with Crippen molar-refractivity contribution >= 4 is 17.7 Å². The number of aromatic amines is 1. The molecule has 0 aliphatic heterocycles. The number of nitrogens with one attached hydrogen (secondary N) is 2. The van der Waals surface area contributed by atoms with Gasteiger partial charge in [0.15, 0.2) is 5.16 Å². The monoisotopic (exact) mass is 384 g/mol. The minimum atomic E-state index is -4.19. The number of nitrogens with zero attached hydrogens (tertiary/aromatic N) is 2. The van der Waals surface area contributed by atoms with E-state index < -0.39 is 18.1 Å². The summed E-state index contributed by atoms with van der Waals surface area (Å²) in [5.74, 6) is -0.975. The summed E-state index contributed by atoms with van der Waals surface area (Å²) in [5.41, 5.74) is 1.46. The fourth-order valence-electron chi connectivity index (χ4n) is 3.05. The fourth-order valence-corrected chi connectivity index (χ4v) is 3.79. The summed E-state index contributed by atoms with van der Waals surface area (Å²) in [5, 5.41) is 9.98. The third-order valence-electron chi connectivity index (χ3n) is 4.46. The van der Waals surface area contributed by atoms with Crippen molar-refractivity contribution in [1.29, 1.82) is 0 Å². The van der Waals surface area contributed by atoms with Gasteiger partial charge in [-0.1, -0.05) is 30.3 Å². The molecule has 9 heteroatoms. The number of hydrogen-bond acceptors (Lipinski definition) is 4. The van der Waals surface area contributed by atoms with Gasteiger partial charge in [0.05, 0.1) is 5.92 Å². The number of H-pyrrole nitrogens is 1. The van der Waals surface area contributed by atoms with E-state index in [4.69, 9.17) is 0 Å². The second-order valence-corrected chi connectivity index (χ2v) is 7.32. The first kappa shape index (κ1) is 18.8. The number of amides is 1. The highest BCUT2D eigenvalue weighted by Crippen LogP contribution is 2.37. The van der Waals surface area contributed by atoms with Gasteiger partial charge in [0, 0.05) is 17.4 Å². The molecule has 1 fully saturated rings. The predicted molar refractivity (Wildman–Crippen MR) is 91.7 cm³/mol. The van der Waals surface area contributed by atoms with Crippen LogP contribution in [-0.2, 0) is 5.75 Å². The maximum absolute atomic E-state index is 12.9. The van der Waals surface area contributed by atoms with Gasteiger partial charge in [0.1, 0.15) is 6.33 Å². The highest BCUT2D eigenvalue weighted by molar-refractivity contribution is 7.98. The number of hydrogen-bond donors (Lipinski definition) is 2. The van der Waals surface area contributed by atoms with Crippen molar-refractivity contribution in [1.82, 2.24) is 20.5 Å². The van der Waals surface area contributed by atoms with Crippen molar-refractivity contribution in [2.45, 2.75) is 48.8 Å². The molecule has 5 nitrogen and oxygen atoms in total. The molecule has 1 aliphatic rings. The Balaban J connectivity index is 1.53. The van der Waals surface area contributed by atoms with Crippen molar-refractivity contribution in [3.8, 4) is 0 Å². The van der Waals surface area contributed by atoms with Crippen LogP contribution in [0.1, 0.15) is 41.6 Å². The van der Waals surface area contributed by atoms with E-state index in [0.717, 1.165) is 5.56 Å². The average Bonchev–Trinajstić information content (AvgIpc) is 3.13. The van der Waals surface area contributed by atoms with E-state index in [1.807, 2.05) is 12.1 Å². The number of halogens is 3. The van der Waals surface area contributed by atoms with Crippen LogP contribution in [-0.4, -0.2) is 33.3 Å². The Labute approximate surface area is 153 Å². The van der Waals surface area contributed by atoms with E-state index in [1.54, 1.807) is 12.1 Å². The quantitative estimate of drug-likeness (QED) is 0.766. The Morgan fingerprint density at radius 3 is 2.69 bits per heavy atom. The van der Waals surface area contributed by atoms with Gasteiger partial charge in [-0.25, -0.2) is 4.98 Å². The first-order chi connectivity index (χ1) is 12.4. The zero-order valence-corrected chi connectivity index (χ0v) is 14.7. The smallest absolute Gasteiger partial charge is 0.349 e. The topological polar surface area (TPSA) is 70.7 Å². The molecule has 2 aromatic rings. The highest BCUT2D eigenvalue weighted by atomic mass is 32.2. The maximum Gasteiger partial charge on any atom is 0.391 e. The lowest BCUT2D eigenvalue weighted by Gasteiger charge is -2.31. The summed E-state index contributed by atoms with van der Waals surface area (Å²) >= 11 is 1.49. The van der Waals surface area contributed by atoms with Crippen LogP contribution in [0.2, 0.25) is 0 Å². The van der Waals surface area contributed by atoms with Gasteiger partial charge in [0.2, 0.25) is 0 Å². The average molecular weight is 384 g/mol. The predicted octanol–water partition coefficient (Wildman–Crippen LogP) is 3.95. The molecule has 1 aromatic carbocycles. The second kappa shape index (κ2) is 8.11. The zero-order valence-electron chi connectivity index (χ0n) is 13.9. The molecule has 26 heavy (non-hydrogen) atoms. The molecule has 1 heterocycles. The van der Waals surface area contributed by atoms with Gasteiger partial charge in [-0.2, -0.15) is 18.3 Å². The van der Waals surface area contributed by atoms with E-state index >= 15 is 0 Å². The minimum Gasteiger partial charge on any atom is -0.349 e. The van der Waals surface area contributed by atoms with Gasteiger partial charge >= 0.3 is 6.18 Å². The van der Waals surface area contributed by atoms with Crippen molar-refractivity contribution in [2.24, 2.45) is 5.92 Å². The van der Waals surface area contributed by atoms with E-state index in [9.17, 15) is 18.0 Å². The number of carbonyl (C=O) groups is 1. The first-order valence-electron chi connectivity index (χ1n) is 8.36. The third kappa shape index (κ3) is 5.00. The lowest BCUT2D eigenvalue weighted by Crippen LogP contribution is -2.41. The van der Waals surface area contributed by atoms with Gasteiger partial charge in [-0.05, 0) is 37.0 Å². The summed E-state index contributed by atoms with van der Waals surface area (Å²) < 4.78 is 38.6. The second-order valence-electron chi connectivity index (χ2n) is 6.35. The molecule has 0 unspecified atom stereocenters.